The quantitative estimate of drug-likeness (QED) is 0.526. The second-order valence-electron chi connectivity index (χ2n) is 2.99. The highest BCUT2D eigenvalue weighted by Crippen LogP contribution is 2.19. The molecule has 1 rings (SSSR count). The minimum atomic E-state index is -0.314. The van der Waals surface area contributed by atoms with Gasteiger partial charge in [0.25, 0.3) is 5.69 Å². The van der Waals surface area contributed by atoms with E-state index in [4.69, 9.17) is 0 Å². The lowest BCUT2D eigenvalue weighted by molar-refractivity contribution is -0.385. The van der Waals surface area contributed by atoms with Crippen molar-refractivity contribution in [1.82, 2.24) is 0 Å². The van der Waals surface area contributed by atoms with Crippen LogP contribution in [0.15, 0.2) is 24.3 Å². The molecule has 0 unspecified atom stereocenters. The van der Waals surface area contributed by atoms with Crippen LogP contribution in [0.3, 0.4) is 0 Å². The van der Waals surface area contributed by atoms with E-state index in [1.54, 1.807) is 12.1 Å². The first-order chi connectivity index (χ1) is 6.25. The summed E-state index contributed by atoms with van der Waals surface area (Å²) in [4.78, 5) is 10.3. The second kappa shape index (κ2) is 4.60. The zero-order valence-electron chi connectivity index (χ0n) is 7.69. The summed E-state index contributed by atoms with van der Waals surface area (Å²) in [5, 5.41) is 10.6. The maximum atomic E-state index is 10.6. The molecule has 0 radical (unpaired) electrons. The summed E-state index contributed by atoms with van der Waals surface area (Å²) in [6, 6.07) is 6.93. The Morgan fingerprint density at radius 3 is 2.69 bits per heavy atom. The van der Waals surface area contributed by atoms with E-state index in [0.29, 0.717) is 0 Å². The van der Waals surface area contributed by atoms with Gasteiger partial charge in [-0.25, -0.2) is 0 Å². The van der Waals surface area contributed by atoms with Gasteiger partial charge < -0.3 is 0 Å². The van der Waals surface area contributed by atoms with E-state index in [1.165, 1.54) is 0 Å². The number of nitro benzene ring substituents is 1. The van der Waals surface area contributed by atoms with Crippen LogP contribution in [0, 0.1) is 10.1 Å². The van der Waals surface area contributed by atoms with Gasteiger partial charge in [-0.1, -0.05) is 31.5 Å². The van der Waals surface area contributed by atoms with Crippen LogP contribution in [0.25, 0.3) is 0 Å². The van der Waals surface area contributed by atoms with E-state index in [2.05, 4.69) is 6.92 Å². The van der Waals surface area contributed by atoms with Crippen LogP contribution in [0.4, 0.5) is 5.69 Å². The van der Waals surface area contributed by atoms with E-state index >= 15 is 0 Å². The Morgan fingerprint density at radius 1 is 1.38 bits per heavy atom. The van der Waals surface area contributed by atoms with Gasteiger partial charge in [-0.3, -0.25) is 10.1 Å². The molecule has 0 spiro atoms. The predicted molar refractivity (Wildman–Crippen MR) is 51.7 cm³/mol. The van der Waals surface area contributed by atoms with Crippen molar-refractivity contribution < 1.29 is 4.92 Å². The molecule has 0 aliphatic rings. The van der Waals surface area contributed by atoms with Crippen LogP contribution in [0.1, 0.15) is 25.3 Å². The third kappa shape index (κ3) is 2.54. The number of rotatable bonds is 4. The van der Waals surface area contributed by atoms with Gasteiger partial charge >= 0.3 is 0 Å². The first kappa shape index (κ1) is 9.71. The fourth-order valence-corrected chi connectivity index (χ4v) is 1.27. The van der Waals surface area contributed by atoms with Gasteiger partial charge in [-0.15, -0.1) is 0 Å². The Labute approximate surface area is 77.5 Å². The van der Waals surface area contributed by atoms with Gasteiger partial charge in [-0.05, 0) is 12.8 Å². The van der Waals surface area contributed by atoms with Gasteiger partial charge in [0.05, 0.1) is 4.92 Å². The molecule has 0 N–H and O–H groups in total. The molecule has 0 saturated heterocycles. The molecule has 0 amide bonds. The average Bonchev–Trinajstić information content (AvgIpc) is 2.15. The molecule has 0 aliphatic heterocycles. The molecule has 0 heterocycles. The lowest BCUT2D eigenvalue weighted by atomic mass is 10.1. The van der Waals surface area contributed by atoms with Gasteiger partial charge in [0.2, 0.25) is 0 Å². The van der Waals surface area contributed by atoms with E-state index < -0.39 is 0 Å². The predicted octanol–water partition coefficient (Wildman–Crippen LogP) is 2.94. The summed E-state index contributed by atoms with van der Waals surface area (Å²) in [5.74, 6) is 0. The zero-order chi connectivity index (χ0) is 9.68. The normalized spacial score (nSPS) is 9.92. The number of unbranched alkanes of at least 4 members (excludes halogenated alkanes) is 1. The van der Waals surface area contributed by atoms with Gasteiger partial charge in [0, 0.05) is 11.6 Å². The Bertz CT molecular complexity index is 297. The summed E-state index contributed by atoms with van der Waals surface area (Å²) in [6.07, 6.45) is 2.87. The molecule has 0 saturated carbocycles. The molecular weight excluding hydrogens is 166 g/mol. The van der Waals surface area contributed by atoms with Crippen LogP contribution in [0.2, 0.25) is 0 Å². The summed E-state index contributed by atoms with van der Waals surface area (Å²) in [5.41, 5.74) is 1.09. The molecule has 3 nitrogen and oxygen atoms in total. The van der Waals surface area contributed by atoms with Crippen LogP contribution in [-0.2, 0) is 6.42 Å². The number of nitro groups is 1. The lowest BCUT2D eigenvalue weighted by Crippen LogP contribution is -1.94. The van der Waals surface area contributed by atoms with Gasteiger partial charge in [-0.2, -0.15) is 0 Å². The third-order valence-electron chi connectivity index (χ3n) is 1.99. The van der Waals surface area contributed by atoms with Gasteiger partial charge in [0.15, 0.2) is 0 Å². The monoisotopic (exact) mass is 179 g/mol. The van der Waals surface area contributed by atoms with Crippen LogP contribution >= 0.6 is 0 Å². The van der Waals surface area contributed by atoms with Crippen molar-refractivity contribution in [2.75, 3.05) is 0 Å². The summed E-state index contributed by atoms with van der Waals surface area (Å²) < 4.78 is 0. The Morgan fingerprint density at radius 2 is 2.08 bits per heavy atom. The fourth-order valence-electron chi connectivity index (χ4n) is 1.27. The number of hydrogen-bond acceptors (Lipinski definition) is 2. The van der Waals surface area contributed by atoms with E-state index in [0.717, 1.165) is 24.8 Å². The number of hydrogen-bond donors (Lipinski definition) is 0. The smallest absolute Gasteiger partial charge is 0.258 e. The standard InChI is InChI=1S/C10H13NO2/c1-2-3-6-9-7-4-5-8-10(9)11(12)13/h4-5,7-8H,2-3,6H2,1H3. The van der Waals surface area contributed by atoms with Crippen molar-refractivity contribution in [2.24, 2.45) is 0 Å². The summed E-state index contributed by atoms with van der Waals surface area (Å²) in [6.45, 7) is 2.08. The molecule has 0 atom stereocenters. The first-order valence-corrected chi connectivity index (χ1v) is 4.48. The number of benzene rings is 1. The highest BCUT2D eigenvalue weighted by atomic mass is 16.6. The third-order valence-corrected chi connectivity index (χ3v) is 1.99. The summed E-state index contributed by atoms with van der Waals surface area (Å²) >= 11 is 0. The molecule has 0 bridgehead atoms. The largest absolute Gasteiger partial charge is 0.272 e. The number of nitrogens with zero attached hydrogens (tertiary/aromatic N) is 1. The van der Waals surface area contributed by atoms with Crippen LogP contribution in [0.5, 0.6) is 0 Å². The van der Waals surface area contributed by atoms with Crippen molar-refractivity contribution in [2.45, 2.75) is 26.2 Å². The Hall–Kier alpha value is -1.38. The average molecular weight is 179 g/mol. The molecule has 0 aromatic heterocycles. The fraction of sp³-hybridized carbons (Fsp3) is 0.400. The maximum absolute atomic E-state index is 10.6. The highest BCUT2D eigenvalue weighted by molar-refractivity contribution is 5.39. The Kier molecular flexibility index (Phi) is 3.43. The molecule has 13 heavy (non-hydrogen) atoms. The zero-order valence-corrected chi connectivity index (χ0v) is 7.69. The van der Waals surface area contributed by atoms with E-state index in [9.17, 15) is 10.1 Å². The molecule has 70 valence electrons. The molecular formula is C10H13NO2. The first-order valence-electron chi connectivity index (χ1n) is 4.48. The molecule has 3 heteroatoms. The van der Waals surface area contributed by atoms with Crippen molar-refractivity contribution in [3.8, 4) is 0 Å². The van der Waals surface area contributed by atoms with Crippen LogP contribution < -0.4 is 0 Å². The minimum absolute atomic E-state index is 0.246. The number of aryl methyl sites for hydroxylation is 1. The highest BCUT2D eigenvalue weighted by Gasteiger charge is 2.10. The SMILES string of the molecule is CCCCc1ccccc1[N+](=O)[O-]. The topological polar surface area (TPSA) is 43.1 Å². The summed E-state index contributed by atoms with van der Waals surface area (Å²) in [7, 11) is 0. The molecule has 0 aliphatic carbocycles. The molecule has 1 aromatic rings. The molecule has 1 aromatic carbocycles. The van der Waals surface area contributed by atoms with Crippen LogP contribution in [-0.4, -0.2) is 4.92 Å². The molecule has 0 fully saturated rings. The van der Waals surface area contributed by atoms with Crippen molar-refractivity contribution in [1.29, 1.82) is 0 Å². The Balaban J connectivity index is 2.84. The second-order valence-corrected chi connectivity index (χ2v) is 2.99. The van der Waals surface area contributed by atoms with Gasteiger partial charge in [0.1, 0.15) is 0 Å². The maximum Gasteiger partial charge on any atom is 0.272 e. The van der Waals surface area contributed by atoms with E-state index in [1.807, 2.05) is 12.1 Å². The number of para-hydroxylation sites is 1. The van der Waals surface area contributed by atoms with Crippen molar-refractivity contribution in [3.63, 3.8) is 0 Å². The van der Waals surface area contributed by atoms with Crippen molar-refractivity contribution in [3.05, 3.63) is 39.9 Å². The lowest BCUT2D eigenvalue weighted by Gasteiger charge is -2.00. The minimum Gasteiger partial charge on any atom is -0.258 e. The van der Waals surface area contributed by atoms with E-state index in [-0.39, 0.29) is 10.6 Å². The van der Waals surface area contributed by atoms with Crippen molar-refractivity contribution >= 4 is 5.69 Å².